The standard InChI is InChI=1S/C19H21ClN2O3/c1-10-2-5-13(20)9-14(10)21-15(23)6-7-22-18(24)16-11-3-4-12(8-11)17(16)19(22)25/h2,5,9,11-12,16-17H,3-4,6-8H2,1H3,(H,21,23)/t11-,12-,16+,17+/m1/s1. The highest BCUT2D eigenvalue weighted by Gasteiger charge is 2.60. The van der Waals surface area contributed by atoms with Gasteiger partial charge in [0.05, 0.1) is 11.8 Å². The number of fused-ring (bicyclic) bond motifs is 5. The van der Waals surface area contributed by atoms with E-state index in [4.69, 9.17) is 11.6 Å². The second-order valence-corrected chi connectivity index (χ2v) is 7.91. The number of aryl methyl sites for hydroxylation is 1. The van der Waals surface area contributed by atoms with Crippen molar-refractivity contribution in [3.05, 3.63) is 28.8 Å². The lowest BCUT2D eigenvalue weighted by molar-refractivity contribution is -0.140. The van der Waals surface area contributed by atoms with Crippen LogP contribution in [-0.2, 0) is 14.4 Å². The Labute approximate surface area is 151 Å². The lowest BCUT2D eigenvalue weighted by Crippen LogP contribution is -2.35. The van der Waals surface area contributed by atoms with Crippen molar-refractivity contribution in [3.63, 3.8) is 0 Å². The van der Waals surface area contributed by atoms with E-state index in [2.05, 4.69) is 5.32 Å². The second-order valence-electron chi connectivity index (χ2n) is 7.47. The summed E-state index contributed by atoms with van der Waals surface area (Å²) in [7, 11) is 0. The van der Waals surface area contributed by atoms with Crippen molar-refractivity contribution >= 4 is 35.0 Å². The fourth-order valence-corrected chi connectivity index (χ4v) is 5.02. The number of imide groups is 1. The van der Waals surface area contributed by atoms with E-state index in [0.717, 1.165) is 24.8 Å². The summed E-state index contributed by atoms with van der Waals surface area (Å²) in [4.78, 5) is 38.8. The molecule has 6 heteroatoms. The van der Waals surface area contributed by atoms with Gasteiger partial charge in [0.2, 0.25) is 17.7 Å². The minimum Gasteiger partial charge on any atom is -0.326 e. The number of halogens is 1. The number of hydrogen-bond acceptors (Lipinski definition) is 3. The summed E-state index contributed by atoms with van der Waals surface area (Å²) < 4.78 is 0. The average molecular weight is 361 g/mol. The van der Waals surface area contributed by atoms with Crippen molar-refractivity contribution in [2.24, 2.45) is 23.7 Å². The third-order valence-electron chi connectivity index (χ3n) is 6.05. The van der Waals surface area contributed by atoms with Crippen LogP contribution in [-0.4, -0.2) is 29.2 Å². The number of likely N-dealkylation sites (tertiary alicyclic amines) is 1. The van der Waals surface area contributed by atoms with Crippen LogP contribution in [0.3, 0.4) is 0 Å². The molecule has 4 atom stereocenters. The summed E-state index contributed by atoms with van der Waals surface area (Å²) in [6.07, 6.45) is 3.26. The molecule has 1 aromatic rings. The van der Waals surface area contributed by atoms with E-state index >= 15 is 0 Å². The van der Waals surface area contributed by atoms with Gasteiger partial charge >= 0.3 is 0 Å². The van der Waals surface area contributed by atoms with E-state index in [0.29, 0.717) is 22.5 Å². The number of hydrogen-bond donors (Lipinski definition) is 1. The number of anilines is 1. The number of carbonyl (C=O) groups excluding carboxylic acids is 3. The molecule has 1 saturated heterocycles. The minimum absolute atomic E-state index is 0.0612. The Bertz CT molecular complexity index is 735. The van der Waals surface area contributed by atoms with Crippen LogP contribution in [0.4, 0.5) is 5.69 Å². The van der Waals surface area contributed by atoms with Crippen LogP contribution >= 0.6 is 11.6 Å². The van der Waals surface area contributed by atoms with Crippen LogP contribution in [0.1, 0.15) is 31.2 Å². The molecule has 1 aliphatic heterocycles. The molecule has 3 aliphatic rings. The molecule has 2 bridgehead atoms. The Hall–Kier alpha value is -1.88. The molecule has 25 heavy (non-hydrogen) atoms. The van der Waals surface area contributed by atoms with Gasteiger partial charge in [-0.2, -0.15) is 0 Å². The summed E-state index contributed by atoms with van der Waals surface area (Å²) in [6.45, 7) is 2.05. The van der Waals surface area contributed by atoms with E-state index in [-0.39, 0.29) is 42.5 Å². The molecular formula is C19H21ClN2O3. The number of nitrogens with one attached hydrogen (secondary N) is 1. The lowest BCUT2D eigenvalue weighted by Gasteiger charge is -2.19. The smallest absolute Gasteiger partial charge is 0.233 e. The van der Waals surface area contributed by atoms with Crippen LogP contribution in [0.2, 0.25) is 5.02 Å². The Morgan fingerprint density at radius 2 is 1.84 bits per heavy atom. The Morgan fingerprint density at radius 1 is 1.20 bits per heavy atom. The highest BCUT2D eigenvalue weighted by molar-refractivity contribution is 6.31. The zero-order valence-corrected chi connectivity index (χ0v) is 14.9. The van der Waals surface area contributed by atoms with E-state index in [9.17, 15) is 14.4 Å². The quantitative estimate of drug-likeness (QED) is 0.839. The number of nitrogens with zero attached hydrogens (tertiary/aromatic N) is 1. The maximum atomic E-state index is 12.6. The van der Waals surface area contributed by atoms with Gasteiger partial charge in [-0.3, -0.25) is 19.3 Å². The first kappa shape index (κ1) is 16.6. The molecule has 1 N–H and O–H groups in total. The Kier molecular flexibility index (Phi) is 4.07. The van der Waals surface area contributed by atoms with Gasteiger partial charge in [-0.15, -0.1) is 0 Å². The highest BCUT2D eigenvalue weighted by atomic mass is 35.5. The molecule has 4 rings (SSSR count). The topological polar surface area (TPSA) is 66.5 Å². The Balaban J connectivity index is 1.38. The normalized spacial score (nSPS) is 30.1. The van der Waals surface area contributed by atoms with E-state index in [1.165, 1.54) is 4.90 Å². The number of amides is 3. The van der Waals surface area contributed by atoms with Gasteiger partial charge in [0.1, 0.15) is 0 Å². The maximum absolute atomic E-state index is 12.6. The average Bonchev–Trinajstić information content (AvgIpc) is 3.24. The van der Waals surface area contributed by atoms with Crippen LogP contribution in [0.25, 0.3) is 0 Å². The SMILES string of the molecule is Cc1ccc(Cl)cc1NC(=O)CCN1C(=O)[C@H]2[C@@H]3CC[C@H](C3)[C@@H]2C1=O. The summed E-state index contributed by atoms with van der Waals surface area (Å²) in [5.41, 5.74) is 1.57. The van der Waals surface area contributed by atoms with E-state index in [1.807, 2.05) is 13.0 Å². The molecule has 1 heterocycles. The fourth-order valence-electron chi connectivity index (χ4n) is 4.85. The third kappa shape index (κ3) is 2.74. The second kappa shape index (κ2) is 6.13. The monoisotopic (exact) mass is 360 g/mol. The molecule has 0 unspecified atom stereocenters. The van der Waals surface area contributed by atoms with Crippen molar-refractivity contribution in [1.29, 1.82) is 0 Å². The number of rotatable bonds is 4. The molecule has 2 aliphatic carbocycles. The summed E-state index contributed by atoms with van der Waals surface area (Å²) in [5.74, 6) is 0.168. The van der Waals surface area contributed by atoms with Gasteiger partial charge in [-0.1, -0.05) is 17.7 Å². The van der Waals surface area contributed by atoms with Gasteiger partial charge in [0, 0.05) is 23.7 Å². The van der Waals surface area contributed by atoms with Crippen molar-refractivity contribution in [2.75, 3.05) is 11.9 Å². The summed E-state index contributed by atoms with van der Waals surface area (Å²) in [5, 5.41) is 3.36. The van der Waals surface area contributed by atoms with Crippen LogP contribution in [0, 0.1) is 30.6 Å². The molecule has 132 valence electrons. The zero-order valence-electron chi connectivity index (χ0n) is 14.1. The molecule has 1 aromatic carbocycles. The van der Waals surface area contributed by atoms with E-state index in [1.54, 1.807) is 12.1 Å². The predicted molar refractivity (Wildman–Crippen MR) is 94.0 cm³/mol. The van der Waals surface area contributed by atoms with Gasteiger partial charge < -0.3 is 5.32 Å². The molecule has 3 fully saturated rings. The van der Waals surface area contributed by atoms with Gasteiger partial charge in [-0.05, 0) is 55.7 Å². The molecule has 3 amide bonds. The van der Waals surface area contributed by atoms with Gasteiger partial charge in [0.25, 0.3) is 0 Å². The lowest BCUT2D eigenvalue weighted by atomic mass is 9.81. The van der Waals surface area contributed by atoms with Crippen LogP contribution < -0.4 is 5.32 Å². The zero-order chi connectivity index (χ0) is 17.7. The molecule has 0 radical (unpaired) electrons. The number of carbonyl (C=O) groups is 3. The first-order chi connectivity index (χ1) is 12.0. The first-order valence-corrected chi connectivity index (χ1v) is 9.24. The highest BCUT2D eigenvalue weighted by Crippen LogP contribution is 2.56. The van der Waals surface area contributed by atoms with Crippen molar-refractivity contribution in [2.45, 2.75) is 32.6 Å². The van der Waals surface area contributed by atoms with E-state index < -0.39 is 0 Å². The predicted octanol–water partition coefficient (Wildman–Crippen LogP) is 3.01. The van der Waals surface area contributed by atoms with Crippen LogP contribution in [0.5, 0.6) is 0 Å². The first-order valence-electron chi connectivity index (χ1n) is 8.87. The summed E-state index contributed by atoms with van der Waals surface area (Å²) >= 11 is 5.96. The van der Waals surface area contributed by atoms with Crippen molar-refractivity contribution in [1.82, 2.24) is 4.90 Å². The minimum atomic E-state index is -0.217. The largest absolute Gasteiger partial charge is 0.326 e. The third-order valence-corrected chi connectivity index (χ3v) is 6.29. The maximum Gasteiger partial charge on any atom is 0.233 e. The molecule has 0 spiro atoms. The molecule has 0 aromatic heterocycles. The Morgan fingerprint density at radius 3 is 2.48 bits per heavy atom. The van der Waals surface area contributed by atoms with Gasteiger partial charge in [0.15, 0.2) is 0 Å². The van der Waals surface area contributed by atoms with Crippen molar-refractivity contribution < 1.29 is 14.4 Å². The van der Waals surface area contributed by atoms with Gasteiger partial charge in [-0.25, -0.2) is 0 Å². The fraction of sp³-hybridized carbons (Fsp3) is 0.526. The molecular weight excluding hydrogens is 340 g/mol. The molecule has 2 saturated carbocycles. The molecule has 5 nitrogen and oxygen atoms in total. The van der Waals surface area contributed by atoms with Crippen LogP contribution in [0.15, 0.2) is 18.2 Å². The number of benzene rings is 1. The van der Waals surface area contributed by atoms with Crippen molar-refractivity contribution in [3.8, 4) is 0 Å². The summed E-state index contributed by atoms with van der Waals surface area (Å²) in [6, 6.07) is 5.30.